The monoisotopic (exact) mass is 332 g/mol. The van der Waals surface area contributed by atoms with E-state index in [-0.39, 0.29) is 0 Å². The van der Waals surface area contributed by atoms with Crippen LogP contribution in [0.2, 0.25) is 0 Å². The summed E-state index contributed by atoms with van der Waals surface area (Å²) in [6.07, 6.45) is 4.60. The van der Waals surface area contributed by atoms with Gasteiger partial charge in [0.1, 0.15) is 0 Å². The normalized spacial score (nSPS) is 11.1. The Bertz CT molecular complexity index is 921. The molecule has 0 saturated carbocycles. The molecule has 0 spiro atoms. The van der Waals surface area contributed by atoms with Gasteiger partial charge in [-0.05, 0) is 37.1 Å². The summed E-state index contributed by atoms with van der Waals surface area (Å²) in [6.45, 7) is 4.83. The maximum atomic E-state index is 10.7. The molecular weight excluding hydrogens is 312 g/mol. The largest absolute Gasteiger partial charge is 0.478 e. The summed E-state index contributed by atoms with van der Waals surface area (Å²) in [4.78, 5) is 15.2. The van der Waals surface area contributed by atoms with Gasteiger partial charge in [-0.3, -0.25) is 0 Å². The van der Waals surface area contributed by atoms with Crippen LogP contribution in [-0.4, -0.2) is 20.6 Å². The topological polar surface area (TPSA) is 55.1 Å². The molecule has 1 heterocycles. The molecule has 126 valence electrons. The van der Waals surface area contributed by atoms with E-state index in [0.717, 1.165) is 34.2 Å². The molecule has 2 aromatic carbocycles. The molecule has 0 unspecified atom stereocenters. The van der Waals surface area contributed by atoms with Crippen LogP contribution in [0.5, 0.6) is 0 Å². The van der Waals surface area contributed by atoms with E-state index >= 15 is 0 Å². The van der Waals surface area contributed by atoms with Crippen molar-refractivity contribution in [2.75, 3.05) is 0 Å². The minimum Gasteiger partial charge on any atom is -0.478 e. The third-order valence-electron chi connectivity index (χ3n) is 4.15. The van der Waals surface area contributed by atoms with Crippen molar-refractivity contribution in [1.29, 1.82) is 0 Å². The molecule has 0 fully saturated rings. The highest BCUT2D eigenvalue weighted by Crippen LogP contribution is 2.22. The van der Waals surface area contributed by atoms with Crippen LogP contribution in [0.15, 0.2) is 60.9 Å². The third-order valence-corrected chi connectivity index (χ3v) is 4.15. The van der Waals surface area contributed by atoms with E-state index in [1.165, 1.54) is 5.56 Å². The number of rotatable bonds is 5. The fourth-order valence-electron chi connectivity index (χ4n) is 2.76. The predicted octanol–water partition coefficient (Wildman–Crippen LogP) is 4.31. The molecule has 0 aliphatic rings. The molecule has 1 N–H and O–H groups in total. The number of aryl methyl sites for hydroxylation is 1. The summed E-state index contributed by atoms with van der Waals surface area (Å²) >= 11 is 0. The Morgan fingerprint density at radius 3 is 2.64 bits per heavy atom. The van der Waals surface area contributed by atoms with Crippen molar-refractivity contribution in [2.45, 2.75) is 20.4 Å². The molecule has 0 radical (unpaired) electrons. The van der Waals surface area contributed by atoms with Crippen LogP contribution in [0.4, 0.5) is 0 Å². The molecule has 25 heavy (non-hydrogen) atoms. The maximum Gasteiger partial charge on any atom is 0.328 e. The number of hydrogen-bond acceptors (Lipinski definition) is 2. The molecule has 4 heteroatoms. The van der Waals surface area contributed by atoms with Gasteiger partial charge in [0.25, 0.3) is 0 Å². The smallest absolute Gasteiger partial charge is 0.328 e. The van der Waals surface area contributed by atoms with Crippen molar-refractivity contribution in [3.63, 3.8) is 0 Å². The number of benzene rings is 2. The van der Waals surface area contributed by atoms with E-state index in [4.69, 9.17) is 5.11 Å². The van der Waals surface area contributed by atoms with Gasteiger partial charge in [-0.2, -0.15) is 0 Å². The van der Waals surface area contributed by atoms with E-state index in [0.29, 0.717) is 6.54 Å². The summed E-state index contributed by atoms with van der Waals surface area (Å²) in [5.74, 6) is -0.946. The Hall–Kier alpha value is -3.14. The van der Waals surface area contributed by atoms with Gasteiger partial charge in [-0.1, -0.05) is 48.0 Å². The molecule has 4 nitrogen and oxygen atoms in total. The summed E-state index contributed by atoms with van der Waals surface area (Å²) in [5, 5.41) is 8.74. The summed E-state index contributed by atoms with van der Waals surface area (Å²) in [5.41, 5.74) is 6.41. The number of aliphatic carboxylic acids is 1. The lowest BCUT2D eigenvalue weighted by Crippen LogP contribution is -2.00. The average Bonchev–Trinajstić information content (AvgIpc) is 2.95. The number of carboxylic acids is 1. The zero-order valence-electron chi connectivity index (χ0n) is 14.3. The highest BCUT2D eigenvalue weighted by atomic mass is 16.4. The predicted molar refractivity (Wildman–Crippen MR) is 99.4 cm³/mol. The summed E-state index contributed by atoms with van der Waals surface area (Å²) in [6, 6.07) is 16.2. The van der Waals surface area contributed by atoms with Crippen LogP contribution in [0, 0.1) is 13.8 Å². The maximum absolute atomic E-state index is 10.7. The number of carbonyl (C=O) groups is 1. The fraction of sp³-hybridized carbons (Fsp3) is 0.143. The molecule has 0 amide bonds. The number of imidazole rings is 1. The molecule has 3 rings (SSSR count). The standard InChI is InChI=1S/C21H20N2O2/c1-15-6-9-19(10-7-15)21-16(2)23(14-22-21)13-18-5-3-4-17(12-18)8-11-20(24)25/h3-12,14H,13H2,1-2H3,(H,24,25)/b11-8+. The van der Waals surface area contributed by atoms with Crippen molar-refractivity contribution < 1.29 is 9.90 Å². The van der Waals surface area contributed by atoms with Crippen LogP contribution in [0.25, 0.3) is 17.3 Å². The van der Waals surface area contributed by atoms with E-state index in [2.05, 4.69) is 47.7 Å². The van der Waals surface area contributed by atoms with Crippen molar-refractivity contribution in [2.24, 2.45) is 0 Å². The van der Waals surface area contributed by atoms with Gasteiger partial charge in [-0.15, -0.1) is 0 Å². The minimum atomic E-state index is -0.946. The average molecular weight is 332 g/mol. The number of nitrogens with zero attached hydrogens (tertiary/aromatic N) is 2. The molecule has 1 aromatic heterocycles. The Morgan fingerprint density at radius 1 is 1.16 bits per heavy atom. The molecule has 0 aliphatic carbocycles. The zero-order chi connectivity index (χ0) is 17.8. The number of aromatic nitrogens is 2. The second-order valence-corrected chi connectivity index (χ2v) is 6.09. The Kier molecular flexibility index (Phi) is 4.80. The van der Waals surface area contributed by atoms with Gasteiger partial charge in [-0.25, -0.2) is 9.78 Å². The summed E-state index contributed by atoms with van der Waals surface area (Å²) in [7, 11) is 0. The van der Waals surface area contributed by atoms with Gasteiger partial charge in [0, 0.05) is 23.9 Å². The van der Waals surface area contributed by atoms with Crippen LogP contribution >= 0.6 is 0 Å². The Morgan fingerprint density at radius 2 is 1.92 bits per heavy atom. The lowest BCUT2D eigenvalue weighted by Gasteiger charge is -2.07. The van der Waals surface area contributed by atoms with Crippen LogP contribution < -0.4 is 0 Å². The van der Waals surface area contributed by atoms with Crippen LogP contribution in [-0.2, 0) is 11.3 Å². The lowest BCUT2D eigenvalue weighted by atomic mass is 10.1. The fourth-order valence-corrected chi connectivity index (χ4v) is 2.76. The summed E-state index contributed by atoms with van der Waals surface area (Å²) < 4.78 is 2.11. The SMILES string of the molecule is Cc1ccc(-c2ncn(Cc3cccc(/C=C/C(=O)O)c3)c2C)cc1. The van der Waals surface area contributed by atoms with Gasteiger partial charge in [0.15, 0.2) is 0 Å². The second kappa shape index (κ2) is 7.18. The highest BCUT2D eigenvalue weighted by Gasteiger charge is 2.09. The van der Waals surface area contributed by atoms with Crippen molar-refractivity contribution in [3.8, 4) is 11.3 Å². The first-order chi connectivity index (χ1) is 12.0. The Labute approximate surface area is 147 Å². The van der Waals surface area contributed by atoms with Gasteiger partial charge >= 0.3 is 5.97 Å². The van der Waals surface area contributed by atoms with E-state index in [1.807, 2.05) is 30.6 Å². The molecule has 3 aromatic rings. The van der Waals surface area contributed by atoms with Gasteiger partial charge in [0.2, 0.25) is 0 Å². The molecular formula is C21H20N2O2. The minimum absolute atomic E-state index is 0.694. The number of hydrogen-bond donors (Lipinski definition) is 1. The Balaban J connectivity index is 1.83. The van der Waals surface area contributed by atoms with Crippen molar-refractivity contribution in [1.82, 2.24) is 9.55 Å². The number of carboxylic acid groups (broad SMARTS) is 1. The second-order valence-electron chi connectivity index (χ2n) is 6.09. The van der Waals surface area contributed by atoms with E-state index in [9.17, 15) is 4.79 Å². The first kappa shape index (κ1) is 16.7. The van der Waals surface area contributed by atoms with Crippen LogP contribution in [0.3, 0.4) is 0 Å². The molecule has 0 atom stereocenters. The molecule has 0 aliphatic heterocycles. The van der Waals surface area contributed by atoms with Crippen LogP contribution in [0.1, 0.15) is 22.4 Å². The van der Waals surface area contributed by atoms with Gasteiger partial charge < -0.3 is 9.67 Å². The third kappa shape index (κ3) is 4.04. The first-order valence-corrected chi connectivity index (χ1v) is 8.11. The van der Waals surface area contributed by atoms with Crippen molar-refractivity contribution >= 4 is 12.0 Å². The molecule has 0 saturated heterocycles. The quantitative estimate of drug-likeness (QED) is 0.708. The highest BCUT2D eigenvalue weighted by molar-refractivity contribution is 5.85. The van der Waals surface area contributed by atoms with E-state index < -0.39 is 5.97 Å². The molecule has 0 bridgehead atoms. The van der Waals surface area contributed by atoms with Crippen molar-refractivity contribution in [3.05, 3.63) is 83.3 Å². The lowest BCUT2D eigenvalue weighted by molar-refractivity contribution is -0.131. The first-order valence-electron chi connectivity index (χ1n) is 8.11. The van der Waals surface area contributed by atoms with Gasteiger partial charge in [0.05, 0.1) is 12.0 Å². The zero-order valence-corrected chi connectivity index (χ0v) is 14.3. The van der Waals surface area contributed by atoms with E-state index in [1.54, 1.807) is 6.08 Å².